The highest BCUT2D eigenvalue weighted by Crippen LogP contribution is 2.37. The number of rotatable bonds is 3. The van der Waals surface area contributed by atoms with Crippen molar-refractivity contribution >= 4 is 15.9 Å². The molecule has 1 aromatic rings. The Labute approximate surface area is 124 Å². The Morgan fingerprint density at radius 1 is 1.20 bits per heavy atom. The summed E-state index contributed by atoms with van der Waals surface area (Å²) in [6.45, 7) is 0.465. The number of phenols is 1. The first kappa shape index (κ1) is 15.6. The summed E-state index contributed by atoms with van der Waals surface area (Å²) in [4.78, 5) is 0. The fourth-order valence-corrected chi connectivity index (χ4v) is 2.99. The Morgan fingerprint density at radius 2 is 1.85 bits per heavy atom. The van der Waals surface area contributed by atoms with Gasteiger partial charge in [-0.1, -0.05) is 12.1 Å². The number of hydrogen-bond acceptors (Lipinski definition) is 2. The first-order valence-electron chi connectivity index (χ1n) is 6.64. The standard InChI is InChI=1S/C14H17BrF3NO/c15-12-3-1-2-9(13(12)20)8-19-11-6-4-10(5-7-11)14(16,17)18/h1-3,10-11,19-20H,4-8H2. The van der Waals surface area contributed by atoms with E-state index < -0.39 is 12.1 Å². The third kappa shape index (κ3) is 3.88. The lowest BCUT2D eigenvalue weighted by Crippen LogP contribution is -2.36. The van der Waals surface area contributed by atoms with Crippen molar-refractivity contribution in [3.63, 3.8) is 0 Å². The van der Waals surface area contributed by atoms with E-state index >= 15 is 0 Å². The lowest BCUT2D eigenvalue weighted by Gasteiger charge is -2.30. The highest BCUT2D eigenvalue weighted by molar-refractivity contribution is 9.10. The highest BCUT2D eigenvalue weighted by atomic mass is 79.9. The van der Waals surface area contributed by atoms with Gasteiger partial charge in [0, 0.05) is 18.2 Å². The Kier molecular flexibility index (Phi) is 4.96. The Bertz CT molecular complexity index is 456. The largest absolute Gasteiger partial charge is 0.506 e. The number of phenolic OH excluding ortho intramolecular Hbond substituents is 1. The Morgan fingerprint density at radius 3 is 2.45 bits per heavy atom. The third-order valence-electron chi connectivity index (χ3n) is 3.84. The van der Waals surface area contributed by atoms with Crippen LogP contribution in [0.3, 0.4) is 0 Å². The fourth-order valence-electron chi connectivity index (χ4n) is 2.58. The molecule has 1 aliphatic rings. The van der Waals surface area contributed by atoms with Gasteiger partial charge in [0.25, 0.3) is 0 Å². The van der Waals surface area contributed by atoms with Crippen molar-refractivity contribution < 1.29 is 18.3 Å². The van der Waals surface area contributed by atoms with Crippen LogP contribution >= 0.6 is 15.9 Å². The summed E-state index contributed by atoms with van der Waals surface area (Å²) >= 11 is 3.24. The number of halogens is 4. The molecular formula is C14H17BrF3NO. The van der Waals surface area contributed by atoms with Gasteiger partial charge in [0.05, 0.1) is 10.4 Å². The molecule has 20 heavy (non-hydrogen) atoms. The molecule has 6 heteroatoms. The van der Waals surface area contributed by atoms with Crippen molar-refractivity contribution in [1.29, 1.82) is 0 Å². The van der Waals surface area contributed by atoms with E-state index in [9.17, 15) is 18.3 Å². The average Bonchev–Trinajstić information content (AvgIpc) is 2.40. The molecule has 1 aromatic carbocycles. The monoisotopic (exact) mass is 351 g/mol. The minimum atomic E-state index is -4.06. The van der Waals surface area contributed by atoms with Crippen LogP contribution in [0, 0.1) is 5.92 Å². The topological polar surface area (TPSA) is 32.3 Å². The van der Waals surface area contributed by atoms with Gasteiger partial charge >= 0.3 is 6.18 Å². The van der Waals surface area contributed by atoms with E-state index in [-0.39, 0.29) is 24.6 Å². The molecule has 2 rings (SSSR count). The number of hydrogen-bond donors (Lipinski definition) is 2. The van der Waals surface area contributed by atoms with Crippen LogP contribution in [-0.4, -0.2) is 17.3 Å². The molecule has 2 nitrogen and oxygen atoms in total. The maximum atomic E-state index is 12.6. The average molecular weight is 352 g/mol. The summed E-state index contributed by atoms with van der Waals surface area (Å²) in [7, 11) is 0. The quantitative estimate of drug-likeness (QED) is 0.847. The fraction of sp³-hybridized carbons (Fsp3) is 0.571. The molecule has 1 fully saturated rings. The number of para-hydroxylation sites is 1. The first-order valence-corrected chi connectivity index (χ1v) is 7.43. The van der Waals surface area contributed by atoms with E-state index in [2.05, 4.69) is 21.2 Å². The summed E-state index contributed by atoms with van der Waals surface area (Å²) < 4.78 is 38.3. The van der Waals surface area contributed by atoms with Gasteiger partial charge in [0.2, 0.25) is 0 Å². The summed E-state index contributed by atoms with van der Waals surface area (Å²) in [5.41, 5.74) is 0.748. The van der Waals surface area contributed by atoms with E-state index in [1.54, 1.807) is 12.1 Å². The lowest BCUT2D eigenvalue weighted by atomic mass is 9.85. The van der Waals surface area contributed by atoms with Gasteiger partial charge in [-0.2, -0.15) is 13.2 Å². The van der Waals surface area contributed by atoms with Crippen molar-refractivity contribution in [1.82, 2.24) is 5.32 Å². The normalized spacial score (nSPS) is 23.8. The molecule has 0 amide bonds. The van der Waals surface area contributed by atoms with Gasteiger partial charge in [-0.3, -0.25) is 0 Å². The smallest absolute Gasteiger partial charge is 0.391 e. The minimum absolute atomic E-state index is 0.0898. The second kappa shape index (κ2) is 6.35. The van der Waals surface area contributed by atoms with Crippen molar-refractivity contribution in [2.24, 2.45) is 5.92 Å². The van der Waals surface area contributed by atoms with Crippen LogP contribution in [0.1, 0.15) is 31.2 Å². The van der Waals surface area contributed by atoms with Crippen LogP contribution in [0.15, 0.2) is 22.7 Å². The second-order valence-corrected chi connectivity index (χ2v) is 6.07. The van der Waals surface area contributed by atoms with Gasteiger partial charge < -0.3 is 10.4 Å². The predicted octanol–water partition coefficient (Wildman–Crippen LogP) is 4.37. The molecule has 0 heterocycles. The van der Waals surface area contributed by atoms with Gasteiger partial charge in [0.15, 0.2) is 0 Å². The van der Waals surface area contributed by atoms with Gasteiger partial charge in [0.1, 0.15) is 5.75 Å². The maximum Gasteiger partial charge on any atom is 0.391 e. The molecule has 0 aromatic heterocycles. The van der Waals surface area contributed by atoms with Gasteiger partial charge in [-0.15, -0.1) is 0 Å². The molecule has 0 atom stereocenters. The van der Waals surface area contributed by atoms with E-state index in [4.69, 9.17) is 0 Å². The van der Waals surface area contributed by atoms with Gasteiger partial charge in [-0.05, 0) is 47.7 Å². The number of nitrogens with one attached hydrogen (secondary N) is 1. The van der Waals surface area contributed by atoms with Crippen LogP contribution in [0.5, 0.6) is 5.75 Å². The minimum Gasteiger partial charge on any atom is -0.506 e. The molecule has 0 aliphatic heterocycles. The zero-order chi connectivity index (χ0) is 14.8. The third-order valence-corrected chi connectivity index (χ3v) is 4.48. The van der Waals surface area contributed by atoms with Crippen LogP contribution < -0.4 is 5.32 Å². The Hall–Kier alpha value is -0.750. The van der Waals surface area contributed by atoms with Crippen LogP contribution in [0.2, 0.25) is 0 Å². The van der Waals surface area contributed by atoms with Gasteiger partial charge in [-0.25, -0.2) is 0 Å². The van der Waals surface area contributed by atoms with Crippen molar-refractivity contribution in [3.05, 3.63) is 28.2 Å². The number of alkyl halides is 3. The molecule has 0 bridgehead atoms. The molecule has 0 spiro atoms. The summed E-state index contributed by atoms with van der Waals surface area (Å²) in [5, 5.41) is 13.1. The van der Waals surface area contributed by atoms with E-state index in [0.717, 1.165) is 5.56 Å². The Balaban J connectivity index is 1.83. The van der Waals surface area contributed by atoms with E-state index in [0.29, 0.717) is 23.9 Å². The predicted molar refractivity (Wildman–Crippen MR) is 74.4 cm³/mol. The molecule has 0 saturated heterocycles. The van der Waals surface area contributed by atoms with Crippen LogP contribution in [-0.2, 0) is 6.54 Å². The zero-order valence-electron chi connectivity index (χ0n) is 10.9. The maximum absolute atomic E-state index is 12.6. The van der Waals surface area contributed by atoms with Crippen molar-refractivity contribution in [3.8, 4) is 5.75 Å². The first-order chi connectivity index (χ1) is 9.38. The molecular weight excluding hydrogens is 335 g/mol. The van der Waals surface area contributed by atoms with E-state index in [1.807, 2.05) is 6.07 Å². The molecule has 0 radical (unpaired) electrons. The zero-order valence-corrected chi connectivity index (χ0v) is 12.5. The molecule has 2 N–H and O–H groups in total. The van der Waals surface area contributed by atoms with Crippen LogP contribution in [0.4, 0.5) is 13.2 Å². The van der Waals surface area contributed by atoms with Crippen molar-refractivity contribution in [2.75, 3.05) is 0 Å². The SMILES string of the molecule is Oc1c(Br)cccc1CNC1CCC(C(F)(F)F)CC1. The molecule has 0 unspecified atom stereocenters. The number of aromatic hydroxyl groups is 1. The molecule has 1 aliphatic carbocycles. The highest BCUT2D eigenvalue weighted by Gasteiger charge is 2.41. The summed E-state index contributed by atoms with van der Waals surface area (Å²) in [5.74, 6) is -0.969. The van der Waals surface area contributed by atoms with Crippen molar-refractivity contribution in [2.45, 2.75) is 44.4 Å². The van der Waals surface area contributed by atoms with E-state index in [1.165, 1.54) is 0 Å². The lowest BCUT2D eigenvalue weighted by molar-refractivity contribution is -0.182. The summed E-state index contributed by atoms with van der Waals surface area (Å²) in [6.07, 6.45) is -2.64. The molecule has 1 saturated carbocycles. The summed E-state index contributed by atoms with van der Waals surface area (Å²) in [6, 6.07) is 5.45. The molecule has 112 valence electrons. The number of benzene rings is 1. The van der Waals surface area contributed by atoms with Crippen LogP contribution in [0.25, 0.3) is 0 Å². The second-order valence-electron chi connectivity index (χ2n) is 5.22.